The molecule has 4 nitrogen and oxygen atoms in total. The van der Waals surface area contributed by atoms with Gasteiger partial charge in [-0.25, -0.2) is 0 Å². The van der Waals surface area contributed by atoms with E-state index in [1.54, 1.807) is 27.7 Å². The fourth-order valence-electron chi connectivity index (χ4n) is 3.59. The summed E-state index contributed by atoms with van der Waals surface area (Å²) in [7, 11) is 0. The van der Waals surface area contributed by atoms with E-state index in [0.29, 0.717) is 5.56 Å². The molecular weight excluding hydrogens is 360 g/mol. The van der Waals surface area contributed by atoms with Crippen LogP contribution in [0.2, 0.25) is 0 Å². The normalized spacial score (nSPS) is 18.2. The minimum Gasteiger partial charge on any atom is -0.714 e. The van der Waals surface area contributed by atoms with Crippen LogP contribution in [0.3, 0.4) is 0 Å². The predicted molar refractivity (Wildman–Crippen MR) is 118 cm³/mol. The van der Waals surface area contributed by atoms with Gasteiger partial charge in [0.05, 0.1) is 5.56 Å². The summed E-state index contributed by atoms with van der Waals surface area (Å²) in [4.78, 5) is 0. The fraction of sp³-hybridized carbons (Fsp3) is 0.240. The van der Waals surface area contributed by atoms with Crippen LogP contribution in [0.5, 0.6) is 0 Å². The highest BCUT2D eigenvalue weighted by Crippen LogP contribution is 2.37. The summed E-state index contributed by atoms with van der Waals surface area (Å²) >= 11 is 0. The molecule has 29 heavy (non-hydrogen) atoms. The highest BCUT2D eigenvalue weighted by atomic mass is 16.5. The van der Waals surface area contributed by atoms with Crippen molar-refractivity contribution in [2.24, 2.45) is 0 Å². The Morgan fingerprint density at radius 2 is 1.41 bits per heavy atom. The average molecular weight is 385 g/mol. The number of amidine groups is 1. The fourth-order valence-corrected chi connectivity index (χ4v) is 3.59. The van der Waals surface area contributed by atoms with Crippen molar-refractivity contribution < 1.29 is 9.95 Å². The molecule has 0 saturated heterocycles. The number of benzene rings is 3. The highest BCUT2D eigenvalue weighted by molar-refractivity contribution is 5.96. The van der Waals surface area contributed by atoms with Crippen LogP contribution in [-0.4, -0.2) is 26.7 Å². The molecule has 1 aliphatic heterocycles. The molecule has 147 valence electrons. The lowest BCUT2D eigenvalue weighted by molar-refractivity contribution is -0.539. The lowest BCUT2D eigenvalue weighted by Crippen LogP contribution is -2.53. The third kappa shape index (κ3) is 3.10. The summed E-state index contributed by atoms with van der Waals surface area (Å²) in [6.45, 7) is 7.22. The molecule has 1 radical (unpaired) electrons. The number of nitrogens with zero attached hydrogens (tertiary/aromatic N) is 2. The maximum atomic E-state index is 12.8. The maximum Gasteiger partial charge on any atom is 0.316 e. The van der Waals surface area contributed by atoms with Crippen LogP contribution in [0.1, 0.15) is 44.4 Å². The van der Waals surface area contributed by atoms with Gasteiger partial charge in [0.15, 0.2) is 5.54 Å². The molecule has 0 saturated carbocycles. The maximum absolute atomic E-state index is 12.8. The van der Waals surface area contributed by atoms with Gasteiger partial charge in [-0.15, -0.1) is 0 Å². The lowest BCUT2D eigenvalue weighted by Gasteiger charge is -2.32. The molecule has 0 bridgehead atoms. The van der Waals surface area contributed by atoms with Crippen LogP contribution in [0, 0.1) is 5.21 Å². The van der Waals surface area contributed by atoms with E-state index in [0.717, 1.165) is 20.9 Å². The van der Waals surface area contributed by atoms with Crippen LogP contribution in [0.15, 0.2) is 66.7 Å². The van der Waals surface area contributed by atoms with Gasteiger partial charge in [0.1, 0.15) is 5.54 Å². The zero-order valence-corrected chi connectivity index (χ0v) is 17.2. The van der Waals surface area contributed by atoms with Gasteiger partial charge in [-0.1, -0.05) is 65.7 Å². The second kappa shape index (κ2) is 6.75. The molecule has 0 unspecified atom stereocenters. The minimum absolute atomic E-state index is 0.171. The zero-order chi connectivity index (χ0) is 20.8. The Bertz CT molecular complexity index is 1130. The van der Waals surface area contributed by atoms with Gasteiger partial charge in [0.2, 0.25) is 0 Å². The van der Waals surface area contributed by atoms with Crippen molar-refractivity contribution in [2.75, 3.05) is 0 Å². The Balaban J connectivity index is 1.59. The predicted octanol–water partition coefficient (Wildman–Crippen LogP) is 5.49. The topological polar surface area (TPSA) is 49.2 Å². The minimum atomic E-state index is -0.807. The standard InChI is InChI=1S/C25H25N2O2/c1-24(2)25(3,4)27(29)23(26(24)28)21-15-11-18(12-16-21)9-10-19-13-14-20-7-5-6-8-22(20)17-19/h5-17H,1-4H3/b10-9+. The van der Waals surface area contributed by atoms with Gasteiger partial charge in [0, 0.05) is 5.21 Å². The molecular formula is C25H25N2O2. The molecule has 0 aromatic heterocycles. The van der Waals surface area contributed by atoms with E-state index in [9.17, 15) is 10.4 Å². The first-order valence-electron chi connectivity index (χ1n) is 9.81. The van der Waals surface area contributed by atoms with Crippen LogP contribution in [-0.2, 0) is 5.21 Å². The van der Waals surface area contributed by atoms with Crippen molar-refractivity contribution in [3.63, 3.8) is 0 Å². The molecule has 0 atom stereocenters. The number of rotatable bonds is 3. The molecule has 0 fully saturated rings. The Kier molecular flexibility index (Phi) is 4.47. The Morgan fingerprint density at radius 3 is 2.03 bits per heavy atom. The highest BCUT2D eigenvalue weighted by Gasteiger charge is 2.59. The summed E-state index contributed by atoms with van der Waals surface area (Å²) in [5.74, 6) is 0.171. The van der Waals surface area contributed by atoms with Gasteiger partial charge in [-0.2, -0.15) is 0 Å². The molecule has 0 N–H and O–H groups in total. The number of hydrogen-bond donors (Lipinski definition) is 0. The van der Waals surface area contributed by atoms with Crippen molar-refractivity contribution >= 4 is 28.8 Å². The van der Waals surface area contributed by atoms with Gasteiger partial charge < -0.3 is 5.21 Å². The molecule has 0 spiro atoms. The quantitative estimate of drug-likeness (QED) is 0.340. The summed E-state index contributed by atoms with van der Waals surface area (Å²) in [6, 6.07) is 22.2. The van der Waals surface area contributed by atoms with Crippen molar-refractivity contribution in [1.29, 1.82) is 0 Å². The molecule has 3 aromatic carbocycles. The van der Waals surface area contributed by atoms with Crippen LogP contribution >= 0.6 is 0 Å². The van der Waals surface area contributed by atoms with E-state index in [-0.39, 0.29) is 5.84 Å². The van der Waals surface area contributed by atoms with E-state index in [2.05, 4.69) is 36.4 Å². The Labute approximate surface area is 171 Å². The molecule has 1 aliphatic rings. The first-order chi connectivity index (χ1) is 13.7. The third-order valence-corrected chi connectivity index (χ3v) is 6.31. The third-order valence-electron chi connectivity index (χ3n) is 6.31. The smallest absolute Gasteiger partial charge is 0.316 e. The Hall–Kier alpha value is -3.11. The molecule has 1 heterocycles. The summed E-state index contributed by atoms with van der Waals surface area (Å²) in [5.41, 5.74) is 1.15. The van der Waals surface area contributed by atoms with Gasteiger partial charge >= 0.3 is 5.84 Å². The Morgan fingerprint density at radius 1 is 0.828 bits per heavy atom. The van der Waals surface area contributed by atoms with Crippen molar-refractivity contribution in [3.05, 3.63) is 88.6 Å². The van der Waals surface area contributed by atoms with E-state index in [1.807, 2.05) is 42.5 Å². The van der Waals surface area contributed by atoms with E-state index in [1.165, 1.54) is 10.8 Å². The molecule has 0 amide bonds. The zero-order valence-electron chi connectivity index (χ0n) is 17.2. The van der Waals surface area contributed by atoms with Gasteiger partial charge in [-0.3, -0.25) is 4.74 Å². The monoisotopic (exact) mass is 385 g/mol. The van der Waals surface area contributed by atoms with Crippen LogP contribution in [0.4, 0.5) is 0 Å². The number of fused-ring (bicyclic) bond motifs is 1. The molecule has 4 rings (SSSR count). The first-order valence-corrected chi connectivity index (χ1v) is 9.81. The molecule has 3 aromatic rings. The second-order valence-corrected chi connectivity index (χ2v) is 8.59. The van der Waals surface area contributed by atoms with Crippen molar-refractivity contribution in [3.8, 4) is 0 Å². The number of hydroxylamine groups is 3. The van der Waals surface area contributed by atoms with Crippen molar-refractivity contribution in [1.82, 2.24) is 5.06 Å². The van der Waals surface area contributed by atoms with E-state index >= 15 is 0 Å². The van der Waals surface area contributed by atoms with Crippen molar-refractivity contribution in [2.45, 2.75) is 38.8 Å². The lowest BCUT2D eigenvalue weighted by atomic mass is 9.84. The van der Waals surface area contributed by atoms with Gasteiger partial charge in [0.25, 0.3) is 0 Å². The van der Waals surface area contributed by atoms with Crippen LogP contribution < -0.4 is 0 Å². The van der Waals surface area contributed by atoms with E-state index < -0.39 is 11.1 Å². The van der Waals surface area contributed by atoms with Crippen LogP contribution in [0.25, 0.3) is 22.9 Å². The van der Waals surface area contributed by atoms with Gasteiger partial charge in [-0.05, 0) is 67.8 Å². The molecule has 4 heteroatoms. The largest absolute Gasteiger partial charge is 0.714 e. The summed E-state index contributed by atoms with van der Waals surface area (Å²) in [6.07, 6.45) is 4.10. The molecule has 0 aliphatic carbocycles. The average Bonchev–Trinajstić information content (AvgIpc) is 2.83. The second-order valence-electron chi connectivity index (χ2n) is 8.59. The summed E-state index contributed by atoms with van der Waals surface area (Å²) in [5, 5.41) is 28.8. The first kappa shape index (κ1) is 19.2. The summed E-state index contributed by atoms with van der Waals surface area (Å²) < 4.78 is 0.847. The number of hydrogen-bond acceptors (Lipinski definition) is 2. The SMILES string of the molecule is CC1(C)N([O])C(c2ccc(/C=C/c3ccc4ccccc4c3)cc2)=[N+]([O-])C1(C)C. The van der Waals surface area contributed by atoms with E-state index in [4.69, 9.17) is 0 Å².